The van der Waals surface area contributed by atoms with Gasteiger partial charge in [-0.2, -0.15) is 9.38 Å². The highest BCUT2D eigenvalue weighted by Gasteiger charge is 2.36. The summed E-state index contributed by atoms with van der Waals surface area (Å²) in [7, 11) is 0. The van der Waals surface area contributed by atoms with Crippen molar-refractivity contribution in [2.75, 3.05) is 23.4 Å². The average Bonchev–Trinajstić information content (AvgIpc) is 3.37. The Morgan fingerprint density at radius 3 is 3.03 bits per heavy atom. The van der Waals surface area contributed by atoms with Crippen LogP contribution in [0.5, 0.6) is 5.75 Å². The third-order valence-electron chi connectivity index (χ3n) is 5.69. The molecule has 1 N–H and O–H groups in total. The van der Waals surface area contributed by atoms with Crippen molar-refractivity contribution in [3.63, 3.8) is 0 Å². The molecule has 154 valence electrons. The number of rotatable bonds is 4. The molecule has 2 aliphatic heterocycles. The molecule has 1 amide bonds. The molecule has 2 aliphatic rings. The Labute approximate surface area is 172 Å². The van der Waals surface area contributed by atoms with E-state index in [2.05, 4.69) is 10.3 Å². The van der Waals surface area contributed by atoms with Gasteiger partial charge < -0.3 is 25.1 Å². The summed E-state index contributed by atoms with van der Waals surface area (Å²) in [5, 5.41) is 14.8. The first-order chi connectivity index (χ1) is 14.6. The van der Waals surface area contributed by atoms with Crippen molar-refractivity contribution in [2.24, 2.45) is 0 Å². The molecule has 9 heteroatoms. The van der Waals surface area contributed by atoms with Crippen molar-refractivity contribution in [3.8, 4) is 5.75 Å². The van der Waals surface area contributed by atoms with E-state index in [0.29, 0.717) is 30.9 Å². The van der Waals surface area contributed by atoms with E-state index in [1.54, 1.807) is 29.3 Å². The molecule has 2 aromatic heterocycles. The van der Waals surface area contributed by atoms with E-state index >= 15 is 0 Å². The minimum Gasteiger partial charge on any atom is -0.493 e. The summed E-state index contributed by atoms with van der Waals surface area (Å²) in [4.78, 5) is 30.8. The van der Waals surface area contributed by atoms with Gasteiger partial charge in [-0.1, -0.05) is 6.07 Å². The number of imidazole rings is 1. The number of nitrogens with one attached hydrogen (secondary N) is 1. The van der Waals surface area contributed by atoms with Crippen LogP contribution in [0.1, 0.15) is 24.8 Å². The van der Waals surface area contributed by atoms with Crippen LogP contribution in [0.15, 0.2) is 42.6 Å². The predicted octanol–water partition coefficient (Wildman–Crippen LogP) is 3.18. The Balaban J connectivity index is 1.46. The first-order valence-electron chi connectivity index (χ1n) is 10.1. The molecular formula is C21H21N5O4. The number of pyridine rings is 1. The number of piperidine rings is 1. The fourth-order valence-corrected chi connectivity index (χ4v) is 4.28. The zero-order valence-electron chi connectivity index (χ0n) is 16.3. The maximum absolute atomic E-state index is 13.2. The van der Waals surface area contributed by atoms with Gasteiger partial charge >= 0.3 is 5.82 Å². The van der Waals surface area contributed by atoms with Crippen LogP contribution in [0.2, 0.25) is 0 Å². The van der Waals surface area contributed by atoms with Crippen molar-refractivity contribution < 1.29 is 14.5 Å². The number of nitro groups is 1. The summed E-state index contributed by atoms with van der Waals surface area (Å²) in [5.74, 6) is 0.806. The molecule has 1 fully saturated rings. The smallest absolute Gasteiger partial charge is 0.372 e. The van der Waals surface area contributed by atoms with E-state index in [1.807, 2.05) is 18.2 Å². The summed E-state index contributed by atoms with van der Waals surface area (Å²) in [6, 6.07) is 10.3. The normalized spacial score (nSPS) is 18.1. The second kappa shape index (κ2) is 7.33. The van der Waals surface area contributed by atoms with Gasteiger partial charge in [-0.25, -0.2) is 0 Å². The molecule has 1 aromatic carbocycles. The number of amides is 1. The van der Waals surface area contributed by atoms with Crippen molar-refractivity contribution >= 4 is 28.9 Å². The molecule has 0 bridgehead atoms. The molecule has 30 heavy (non-hydrogen) atoms. The van der Waals surface area contributed by atoms with Crippen molar-refractivity contribution in [3.05, 3.63) is 58.3 Å². The summed E-state index contributed by atoms with van der Waals surface area (Å²) in [6.07, 6.45) is 4.79. The van der Waals surface area contributed by atoms with Crippen molar-refractivity contribution in [1.82, 2.24) is 9.38 Å². The molecule has 5 rings (SSSR count). The Morgan fingerprint density at radius 1 is 1.27 bits per heavy atom. The second-order valence-electron chi connectivity index (χ2n) is 7.56. The van der Waals surface area contributed by atoms with E-state index in [9.17, 15) is 14.9 Å². The number of ether oxygens (including phenoxy) is 1. The fourth-order valence-electron chi connectivity index (χ4n) is 4.28. The maximum Gasteiger partial charge on any atom is 0.372 e. The van der Waals surface area contributed by atoms with Gasteiger partial charge in [0.25, 0.3) is 0 Å². The molecule has 1 atom stereocenters. The van der Waals surface area contributed by atoms with Gasteiger partial charge in [0.15, 0.2) is 0 Å². The SMILES string of the molecule is O=C(Nc1ccc2c(c1)CCO2)[C@@H]1CCCCN1c1nc2ccccn2c1[N+](=O)[O-]. The molecular weight excluding hydrogens is 386 g/mol. The lowest BCUT2D eigenvalue weighted by Crippen LogP contribution is -2.47. The average molecular weight is 407 g/mol. The number of hydrogen-bond donors (Lipinski definition) is 1. The van der Waals surface area contributed by atoms with Gasteiger partial charge in [-0.3, -0.25) is 4.79 Å². The van der Waals surface area contributed by atoms with Crippen molar-refractivity contribution in [1.29, 1.82) is 0 Å². The lowest BCUT2D eigenvalue weighted by molar-refractivity contribution is -0.389. The Bertz CT molecular complexity index is 1140. The van der Waals surface area contributed by atoms with Gasteiger partial charge in [-0.05, 0) is 54.0 Å². The van der Waals surface area contributed by atoms with Crippen LogP contribution in [0.3, 0.4) is 0 Å². The summed E-state index contributed by atoms with van der Waals surface area (Å²) in [6.45, 7) is 1.20. The Hall–Kier alpha value is -3.62. The van der Waals surface area contributed by atoms with E-state index in [1.165, 1.54) is 4.40 Å². The molecule has 9 nitrogen and oxygen atoms in total. The molecule has 0 spiro atoms. The number of aromatic nitrogens is 2. The largest absolute Gasteiger partial charge is 0.493 e. The fraction of sp³-hybridized carbons (Fsp3) is 0.333. The molecule has 3 aromatic rings. The van der Waals surface area contributed by atoms with E-state index in [4.69, 9.17) is 4.74 Å². The first kappa shape index (κ1) is 18.4. The first-order valence-corrected chi connectivity index (χ1v) is 10.1. The van der Waals surface area contributed by atoms with Crippen LogP contribution >= 0.6 is 0 Å². The van der Waals surface area contributed by atoms with E-state index < -0.39 is 11.0 Å². The molecule has 0 saturated carbocycles. The van der Waals surface area contributed by atoms with Gasteiger partial charge in [0.2, 0.25) is 17.4 Å². The molecule has 4 heterocycles. The number of fused-ring (bicyclic) bond motifs is 2. The standard InChI is InChI=1S/C21H21N5O4/c27-20(22-15-7-8-17-14(13-15)9-12-30-17)16-5-1-3-10-24(16)19-21(26(28)29)25-11-4-2-6-18(25)23-19/h2,4,6-8,11,13,16H,1,3,5,9-10,12H2,(H,22,27)/t16-/m0/s1. The highest BCUT2D eigenvalue weighted by atomic mass is 16.6. The monoisotopic (exact) mass is 407 g/mol. The minimum absolute atomic E-state index is 0.111. The third-order valence-corrected chi connectivity index (χ3v) is 5.69. The van der Waals surface area contributed by atoms with Crippen LogP contribution in [-0.4, -0.2) is 39.4 Å². The molecule has 0 aliphatic carbocycles. The van der Waals surface area contributed by atoms with Crippen LogP contribution < -0.4 is 15.0 Å². The zero-order valence-corrected chi connectivity index (χ0v) is 16.3. The van der Waals surface area contributed by atoms with Gasteiger partial charge in [0.1, 0.15) is 11.8 Å². The van der Waals surface area contributed by atoms with Crippen LogP contribution in [-0.2, 0) is 11.2 Å². The van der Waals surface area contributed by atoms with E-state index in [-0.39, 0.29) is 17.5 Å². The predicted molar refractivity (Wildman–Crippen MR) is 111 cm³/mol. The van der Waals surface area contributed by atoms with Gasteiger partial charge in [0, 0.05) is 24.7 Å². The van der Waals surface area contributed by atoms with Crippen LogP contribution in [0.4, 0.5) is 17.3 Å². The summed E-state index contributed by atoms with van der Waals surface area (Å²) < 4.78 is 6.98. The second-order valence-corrected chi connectivity index (χ2v) is 7.56. The summed E-state index contributed by atoms with van der Waals surface area (Å²) >= 11 is 0. The van der Waals surface area contributed by atoms with Crippen LogP contribution in [0.25, 0.3) is 5.65 Å². The molecule has 1 saturated heterocycles. The maximum atomic E-state index is 13.2. The molecule has 0 radical (unpaired) electrons. The minimum atomic E-state index is -0.521. The third kappa shape index (κ3) is 3.12. The number of hydrogen-bond acceptors (Lipinski definition) is 6. The number of carbonyl (C=O) groups is 1. The Morgan fingerprint density at radius 2 is 2.17 bits per heavy atom. The number of nitrogens with zero attached hydrogens (tertiary/aromatic N) is 4. The number of benzene rings is 1. The topological polar surface area (TPSA) is 102 Å². The van der Waals surface area contributed by atoms with E-state index in [0.717, 1.165) is 30.6 Å². The summed E-state index contributed by atoms with van der Waals surface area (Å²) in [5.41, 5.74) is 2.27. The zero-order chi connectivity index (χ0) is 20.7. The van der Waals surface area contributed by atoms with Gasteiger partial charge in [0.05, 0.1) is 12.8 Å². The quantitative estimate of drug-likeness (QED) is 0.526. The van der Waals surface area contributed by atoms with Crippen molar-refractivity contribution in [2.45, 2.75) is 31.7 Å². The molecule has 0 unspecified atom stereocenters. The number of anilines is 2. The lowest BCUT2D eigenvalue weighted by atomic mass is 10.0. The van der Waals surface area contributed by atoms with Gasteiger partial charge in [-0.15, -0.1) is 0 Å². The Kier molecular flexibility index (Phi) is 4.50. The van der Waals surface area contributed by atoms with Crippen LogP contribution in [0, 0.1) is 10.1 Å². The highest BCUT2D eigenvalue weighted by molar-refractivity contribution is 5.97. The highest BCUT2D eigenvalue weighted by Crippen LogP contribution is 2.34. The lowest BCUT2D eigenvalue weighted by Gasteiger charge is -2.34. The number of carbonyl (C=O) groups excluding carboxylic acids is 1.